The highest BCUT2D eigenvalue weighted by molar-refractivity contribution is 4.71. The van der Waals surface area contributed by atoms with Crippen molar-refractivity contribution in [1.82, 2.24) is 0 Å². The number of rotatable bonds is 0. The van der Waals surface area contributed by atoms with Crippen molar-refractivity contribution in [3.63, 3.8) is 0 Å². The Labute approximate surface area is 39.3 Å². The summed E-state index contributed by atoms with van der Waals surface area (Å²) in [5.74, 6) is 0. The molecule has 0 aliphatic heterocycles. The SMILES string of the molecule is [CH2]C(N)C(F)(F)F. The monoisotopic (exact) mass is 112 g/mol. The van der Waals surface area contributed by atoms with Crippen molar-refractivity contribution in [2.45, 2.75) is 12.2 Å². The highest BCUT2D eigenvalue weighted by Gasteiger charge is 2.32. The highest BCUT2D eigenvalue weighted by atomic mass is 19.4. The van der Waals surface area contributed by atoms with Crippen LogP contribution in [0.4, 0.5) is 13.2 Å². The van der Waals surface area contributed by atoms with Crippen LogP contribution in [0.5, 0.6) is 0 Å². The van der Waals surface area contributed by atoms with Crippen molar-refractivity contribution >= 4 is 0 Å². The molecule has 7 heavy (non-hydrogen) atoms. The third kappa shape index (κ3) is 2.45. The first-order valence-electron chi connectivity index (χ1n) is 1.60. The number of alkyl halides is 3. The summed E-state index contributed by atoms with van der Waals surface area (Å²) in [7, 11) is 0. The second-order valence-corrected chi connectivity index (χ2v) is 1.15. The van der Waals surface area contributed by atoms with Gasteiger partial charge in [0.25, 0.3) is 0 Å². The van der Waals surface area contributed by atoms with Crippen molar-refractivity contribution in [3.05, 3.63) is 6.92 Å². The topological polar surface area (TPSA) is 26.0 Å². The minimum Gasteiger partial charge on any atom is -0.320 e. The van der Waals surface area contributed by atoms with Crippen molar-refractivity contribution in [3.8, 4) is 0 Å². The molecule has 0 rings (SSSR count). The summed E-state index contributed by atoms with van der Waals surface area (Å²) in [6.07, 6.45) is -4.33. The molecule has 0 bridgehead atoms. The Hall–Kier alpha value is -0.250. The largest absolute Gasteiger partial charge is 0.403 e. The first-order valence-corrected chi connectivity index (χ1v) is 1.60. The third-order valence-corrected chi connectivity index (χ3v) is 0.420. The summed E-state index contributed by atoms with van der Waals surface area (Å²) >= 11 is 0. The molecule has 0 heterocycles. The molecule has 0 amide bonds. The summed E-state index contributed by atoms with van der Waals surface area (Å²) in [5.41, 5.74) is 4.33. The summed E-state index contributed by atoms with van der Waals surface area (Å²) in [6.45, 7) is 2.56. The first kappa shape index (κ1) is 6.75. The number of hydrogen-bond donors (Lipinski definition) is 1. The van der Waals surface area contributed by atoms with Crippen molar-refractivity contribution in [2.75, 3.05) is 0 Å². The van der Waals surface area contributed by atoms with Gasteiger partial charge in [-0.2, -0.15) is 13.2 Å². The molecule has 0 fully saturated rings. The molecule has 0 saturated heterocycles. The van der Waals surface area contributed by atoms with Gasteiger partial charge in [-0.3, -0.25) is 0 Å². The molecular formula is C3H5F3N. The smallest absolute Gasteiger partial charge is 0.320 e. The van der Waals surface area contributed by atoms with Crippen LogP contribution >= 0.6 is 0 Å². The van der Waals surface area contributed by atoms with Gasteiger partial charge in [0.1, 0.15) is 6.04 Å². The molecule has 0 spiro atoms. The molecular weight excluding hydrogens is 107 g/mol. The quantitative estimate of drug-likeness (QED) is 0.490. The van der Waals surface area contributed by atoms with E-state index in [4.69, 9.17) is 0 Å². The Bertz CT molecular complexity index is 55.7. The van der Waals surface area contributed by atoms with Crippen LogP contribution in [0.1, 0.15) is 0 Å². The number of nitrogens with two attached hydrogens (primary N) is 1. The van der Waals surface area contributed by atoms with E-state index in [0.717, 1.165) is 0 Å². The van der Waals surface area contributed by atoms with Gasteiger partial charge < -0.3 is 5.73 Å². The van der Waals surface area contributed by atoms with Crippen LogP contribution in [0.25, 0.3) is 0 Å². The zero-order valence-corrected chi connectivity index (χ0v) is 3.50. The van der Waals surface area contributed by atoms with Gasteiger partial charge in [-0.25, -0.2) is 0 Å². The predicted octanol–water partition coefficient (Wildman–Crippen LogP) is 0.710. The van der Waals surface area contributed by atoms with E-state index in [9.17, 15) is 13.2 Å². The fraction of sp³-hybridized carbons (Fsp3) is 0.667. The molecule has 43 valence electrons. The van der Waals surface area contributed by atoms with Gasteiger partial charge in [0.15, 0.2) is 0 Å². The number of halogens is 3. The van der Waals surface area contributed by atoms with E-state index >= 15 is 0 Å². The van der Waals surface area contributed by atoms with E-state index in [-0.39, 0.29) is 0 Å². The Balaban J connectivity index is 3.54. The summed E-state index contributed by atoms with van der Waals surface area (Å²) < 4.78 is 33.0. The Morgan fingerprint density at radius 3 is 1.57 bits per heavy atom. The molecule has 1 nitrogen and oxygen atoms in total. The lowest BCUT2D eigenvalue weighted by atomic mass is 10.4. The van der Waals surface area contributed by atoms with Gasteiger partial charge in [-0.15, -0.1) is 0 Å². The molecule has 1 radical (unpaired) electrons. The van der Waals surface area contributed by atoms with Gasteiger partial charge in [0, 0.05) is 0 Å². The van der Waals surface area contributed by atoms with Crippen LogP contribution in [0.3, 0.4) is 0 Å². The lowest BCUT2D eigenvalue weighted by molar-refractivity contribution is -0.137. The molecule has 0 aliphatic rings. The lowest BCUT2D eigenvalue weighted by Crippen LogP contribution is -2.34. The maximum absolute atomic E-state index is 11.0. The second-order valence-electron chi connectivity index (χ2n) is 1.15. The maximum Gasteiger partial charge on any atom is 0.403 e. The average molecular weight is 112 g/mol. The molecule has 1 unspecified atom stereocenters. The zero-order chi connectivity index (χ0) is 6.08. The predicted molar refractivity (Wildman–Crippen MR) is 19.4 cm³/mol. The van der Waals surface area contributed by atoms with Crippen molar-refractivity contribution < 1.29 is 13.2 Å². The van der Waals surface area contributed by atoms with Crippen LogP contribution in [0.2, 0.25) is 0 Å². The standard InChI is InChI=1S/C3H5F3N/c1-2(7)3(4,5)6/h2H,1,7H2. The maximum atomic E-state index is 11.0. The van der Waals surface area contributed by atoms with E-state index in [1.807, 2.05) is 0 Å². The Morgan fingerprint density at radius 1 is 1.43 bits per heavy atom. The number of hydrogen-bond acceptors (Lipinski definition) is 1. The highest BCUT2D eigenvalue weighted by Crippen LogP contribution is 2.16. The molecule has 0 aliphatic carbocycles. The average Bonchev–Trinajstić information content (AvgIpc) is 1.31. The van der Waals surface area contributed by atoms with Crippen LogP contribution in [0.15, 0.2) is 0 Å². The summed E-state index contributed by atoms with van der Waals surface area (Å²) in [5, 5.41) is 0. The molecule has 0 saturated carbocycles. The summed E-state index contributed by atoms with van der Waals surface area (Å²) in [4.78, 5) is 0. The van der Waals surface area contributed by atoms with E-state index in [0.29, 0.717) is 0 Å². The van der Waals surface area contributed by atoms with Crippen LogP contribution in [-0.2, 0) is 0 Å². The van der Waals surface area contributed by atoms with E-state index in [1.54, 1.807) is 0 Å². The normalized spacial score (nSPS) is 16.7. The van der Waals surface area contributed by atoms with Gasteiger partial charge in [0.05, 0.1) is 0 Å². The van der Waals surface area contributed by atoms with Gasteiger partial charge in [-0.05, 0) is 6.92 Å². The molecule has 0 aromatic rings. The third-order valence-electron chi connectivity index (χ3n) is 0.420. The first-order chi connectivity index (χ1) is 2.94. The molecule has 0 aromatic carbocycles. The Kier molecular flexibility index (Phi) is 1.63. The van der Waals surface area contributed by atoms with Gasteiger partial charge in [0.2, 0.25) is 0 Å². The fourth-order valence-corrected chi connectivity index (χ4v) is 0. The molecule has 4 heteroatoms. The summed E-state index contributed by atoms with van der Waals surface area (Å²) in [6, 6.07) is -1.95. The fourth-order valence-electron chi connectivity index (χ4n) is 0. The zero-order valence-electron chi connectivity index (χ0n) is 3.50. The van der Waals surface area contributed by atoms with E-state index in [2.05, 4.69) is 12.7 Å². The molecule has 0 aromatic heterocycles. The lowest BCUT2D eigenvalue weighted by Gasteiger charge is -2.07. The molecule has 2 N–H and O–H groups in total. The minimum absolute atomic E-state index is 1.95. The second kappa shape index (κ2) is 1.69. The van der Waals surface area contributed by atoms with Crippen molar-refractivity contribution in [1.29, 1.82) is 0 Å². The van der Waals surface area contributed by atoms with Crippen LogP contribution < -0.4 is 5.73 Å². The molecule has 1 atom stereocenters. The van der Waals surface area contributed by atoms with Gasteiger partial charge in [-0.1, -0.05) is 0 Å². The Morgan fingerprint density at radius 2 is 1.57 bits per heavy atom. The van der Waals surface area contributed by atoms with Gasteiger partial charge >= 0.3 is 6.18 Å². The van der Waals surface area contributed by atoms with Crippen LogP contribution in [0, 0.1) is 6.92 Å². The minimum atomic E-state index is -4.33. The van der Waals surface area contributed by atoms with Crippen LogP contribution in [-0.4, -0.2) is 12.2 Å². The van der Waals surface area contributed by atoms with E-state index < -0.39 is 12.2 Å². The van der Waals surface area contributed by atoms with Crippen molar-refractivity contribution in [2.24, 2.45) is 5.73 Å². The van der Waals surface area contributed by atoms with E-state index in [1.165, 1.54) is 0 Å².